The van der Waals surface area contributed by atoms with Crippen LogP contribution >= 0.6 is 0 Å². The molecular formula is C18H28N4O. The Hall–Kier alpha value is -1.39. The highest BCUT2D eigenvalue weighted by Crippen LogP contribution is 2.32. The highest BCUT2D eigenvalue weighted by Gasteiger charge is 2.31. The van der Waals surface area contributed by atoms with Crippen LogP contribution in [0.4, 0.5) is 0 Å². The third-order valence-corrected chi connectivity index (χ3v) is 5.85. The largest absolute Gasteiger partial charge is 0.342 e. The second-order valence-corrected chi connectivity index (χ2v) is 7.82. The van der Waals surface area contributed by atoms with Crippen LogP contribution in [-0.2, 0) is 17.8 Å². The zero-order valence-corrected chi connectivity index (χ0v) is 14.0. The van der Waals surface area contributed by atoms with Gasteiger partial charge in [-0.1, -0.05) is 12.8 Å². The standard InChI is InChI=1S/C18H28N4O/c23-18(16-5-1-2-6-16)21-9-3-4-15(12-21)10-17-20-19-13-22(17)11-14-7-8-14/h13-16H,1-12H2. The molecule has 1 aliphatic heterocycles. The summed E-state index contributed by atoms with van der Waals surface area (Å²) in [5, 5.41) is 8.47. The topological polar surface area (TPSA) is 51.0 Å². The molecule has 2 saturated carbocycles. The Labute approximate surface area is 138 Å². The summed E-state index contributed by atoms with van der Waals surface area (Å²) in [6.07, 6.45) is 12.6. The van der Waals surface area contributed by atoms with Crippen molar-refractivity contribution >= 4 is 5.91 Å². The number of rotatable bonds is 5. The van der Waals surface area contributed by atoms with Gasteiger partial charge in [-0.05, 0) is 50.4 Å². The van der Waals surface area contributed by atoms with Gasteiger partial charge in [0, 0.05) is 32.0 Å². The van der Waals surface area contributed by atoms with Gasteiger partial charge in [-0.2, -0.15) is 0 Å². The van der Waals surface area contributed by atoms with Crippen molar-refractivity contribution in [3.8, 4) is 0 Å². The Bertz CT molecular complexity index is 545. The van der Waals surface area contributed by atoms with E-state index in [0.29, 0.717) is 17.7 Å². The third kappa shape index (κ3) is 3.59. The van der Waals surface area contributed by atoms with Crippen LogP contribution in [0.3, 0.4) is 0 Å². The SMILES string of the molecule is O=C(C1CCCC1)N1CCCC(Cc2nncn2CC2CC2)C1. The monoisotopic (exact) mass is 316 g/mol. The maximum absolute atomic E-state index is 12.7. The zero-order chi connectivity index (χ0) is 15.6. The van der Waals surface area contributed by atoms with Crippen LogP contribution in [0.15, 0.2) is 6.33 Å². The Kier molecular flexibility index (Phi) is 4.36. The van der Waals surface area contributed by atoms with Crippen molar-refractivity contribution in [3.63, 3.8) is 0 Å². The Morgan fingerprint density at radius 3 is 2.70 bits per heavy atom. The summed E-state index contributed by atoms with van der Waals surface area (Å²) in [5.74, 6) is 3.25. The van der Waals surface area contributed by atoms with E-state index in [0.717, 1.165) is 57.1 Å². The molecule has 5 nitrogen and oxygen atoms in total. The number of carbonyl (C=O) groups excluding carboxylic acids is 1. The lowest BCUT2D eigenvalue weighted by atomic mass is 9.93. The Balaban J connectivity index is 1.35. The normalized spacial score (nSPS) is 25.9. The predicted octanol–water partition coefficient (Wildman–Crippen LogP) is 2.66. The van der Waals surface area contributed by atoms with E-state index in [4.69, 9.17) is 0 Å². The van der Waals surface area contributed by atoms with Gasteiger partial charge < -0.3 is 9.47 Å². The van der Waals surface area contributed by atoms with Crippen LogP contribution in [0.5, 0.6) is 0 Å². The van der Waals surface area contributed by atoms with E-state index in [1.807, 2.05) is 6.33 Å². The minimum absolute atomic E-state index is 0.312. The van der Waals surface area contributed by atoms with Gasteiger partial charge in [0.25, 0.3) is 0 Å². The third-order valence-electron chi connectivity index (χ3n) is 5.85. The van der Waals surface area contributed by atoms with Gasteiger partial charge in [0.1, 0.15) is 12.2 Å². The van der Waals surface area contributed by atoms with Crippen molar-refractivity contribution in [3.05, 3.63) is 12.2 Å². The van der Waals surface area contributed by atoms with Gasteiger partial charge in [-0.25, -0.2) is 0 Å². The van der Waals surface area contributed by atoms with Crippen LogP contribution in [0.25, 0.3) is 0 Å². The van der Waals surface area contributed by atoms with Crippen LogP contribution in [0.2, 0.25) is 0 Å². The molecule has 1 aromatic rings. The van der Waals surface area contributed by atoms with Gasteiger partial charge in [0.2, 0.25) is 5.91 Å². The summed E-state index contributed by atoms with van der Waals surface area (Å²) >= 11 is 0. The smallest absolute Gasteiger partial charge is 0.225 e. The fraction of sp³-hybridized carbons (Fsp3) is 0.833. The molecule has 0 radical (unpaired) electrons. The van der Waals surface area contributed by atoms with Crippen LogP contribution < -0.4 is 0 Å². The number of nitrogens with zero attached hydrogens (tertiary/aromatic N) is 4. The lowest BCUT2D eigenvalue weighted by Crippen LogP contribution is -2.43. The molecule has 3 aliphatic rings. The molecule has 1 amide bonds. The lowest BCUT2D eigenvalue weighted by molar-refractivity contribution is -0.137. The fourth-order valence-electron chi connectivity index (χ4n) is 4.29. The molecule has 23 heavy (non-hydrogen) atoms. The maximum Gasteiger partial charge on any atom is 0.225 e. The van der Waals surface area contributed by atoms with Gasteiger partial charge in [0.15, 0.2) is 0 Å². The van der Waals surface area contributed by atoms with E-state index in [1.165, 1.54) is 32.1 Å². The van der Waals surface area contributed by atoms with Gasteiger partial charge >= 0.3 is 0 Å². The van der Waals surface area contributed by atoms with Crippen LogP contribution in [0.1, 0.15) is 57.2 Å². The van der Waals surface area contributed by atoms with E-state index in [-0.39, 0.29) is 0 Å². The van der Waals surface area contributed by atoms with Crippen LogP contribution in [0, 0.1) is 17.8 Å². The first-order valence-corrected chi connectivity index (χ1v) is 9.45. The Morgan fingerprint density at radius 1 is 1.09 bits per heavy atom. The van der Waals surface area contributed by atoms with Crippen LogP contribution in [-0.4, -0.2) is 38.7 Å². The molecule has 4 rings (SSSR count). The predicted molar refractivity (Wildman–Crippen MR) is 87.7 cm³/mol. The second kappa shape index (κ2) is 6.62. The summed E-state index contributed by atoms with van der Waals surface area (Å²) in [5.41, 5.74) is 0. The van der Waals surface area contributed by atoms with E-state index in [9.17, 15) is 4.79 Å². The Morgan fingerprint density at radius 2 is 1.91 bits per heavy atom. The number of hydrogen-bond donors (Lipinski definition) is 0. The molecule has 2 aliphatic carbocycles. The molecule has 3 fully saturated rings. The molecule has 126 valence electrons. The number of carbonyl (C=O) groups is 1. The number of amides is 1. The summed E-state index contributed by atoms with van der Waals surface area (Å²) in [6, 6.07) is 0. The first-order valence-electron chi connectivity index (χ1n) is 9.45. The molecule has 0 bridgehead atoms. The van der Waals surface area contributed by atoms with Crippen molar-refractivity contribution in [2.75, 3.05) is 13.1 Å². The molecule has 1 atom stereocenters. The summed E-state index contributed by atoms with van der Waals surface area (Å²) < 4.78 is 2.25. The molecule has 0 spiro atoms. The summed E-state index contributed by atoms with van der Waals surface area (Å²) in [7, 11) is 0. The zero-order valence-electron chi connectivity index (χ0n) is 14.0. The minimum Gasteiger partial charge on any atom is -0.342 e. The van der Waals surface area contributed by atoms with Crippen molar-refractivity contribution in [2.24, 2.45) is 17.8 Å². The molecule has 0 N–H and O–H groups in total. The molecule has 2 heterocycles. The minimum atomic E-state index is 0.312. The van der Waals surface area contributed by atoms with Crippen molar-refractivity contribution in [2.45, 2.75) is 64.3 Å². The number of piperidine rings is 1. The molecular weight excluding hydrogens is 288 g/mol. The van der Waals surface area contributed by atoms with Gasteiger partial charge in [0.05, 0.1) is 0 Å². The summed E-state index contributed by atoms with van der Waals surface area (Å²) in [4.78, 5) is 14.8. The van der Waals surface area contributed by atoms with Gasteiger partial charge in [-0.15, -0.1) is 10.2 Å². The quantitative estimate of drug-likeness (QED) is 0.839. The highest BCUT2D eigenvalue weighted by atomic mass is 16.2. The van der Waals surface area contributed by atoms with Crippen molar-refractivity contribution in [1.29, 1.82) is 0 Å². The van der Waals surface area contributed by atoms with Crippen molar-refractivity contribution < 1.29 is 4.79 Å². The maximum atomic E-state index is 12.7. The average Bonchev–Trinajstić information content (AvgIpc) is 3.04. The van der Waals surface area contributed by atoms with Gasteiger partial charge in [-0.3, -0.25) is 4.79 Å². The molecule has 1 unspecified atom stereocenters. The van der Waals surface area contributed by atoms with E-state index >= 15 is 0 Å². The fourth-order valence-corrected chi connectivity index (χ4v) is 4.29. The molecule has 1 aromatic heterocycles. The first kappa shape index (κ1) is 15.2. The average molecular weight is 316 g/mol. The highest BCUT2D eigenvalue weighted by molar-refractivity contribution is 5.79. The number of hydrogen-bond acceptors (Lipinski definition) is 3. The molecule has 5 heteroatoms. The van der Waals surface area contributed by atoms with Crippen molar-refractivity contribution in [1.82, 2.24) is 19.7 Å². The lowest BCUT2D eigenvalue weighted by Gasteiger charge is -2.34. The second-order valence-electron chi connectivity index (χ2n) is 7.82. The summed E-state index contributed by atoms with van der Waals surface area (Å²) in [6.45, 7) is 2.96. The first-order chi connectivity index (χ1) is 11.3. The molecule has 0 aromatic carbocycles. The van der Waals surface area contributed by atoms with E-state index in [1.54, 1.807) is 0 Å². The number of likely N-dealkylation sites (tertiary alicyclic amines) is 1. The number of aromatic nitrogens is 3. The van der Waals surface area contributed by atoms with E-state index in [2.05, 4.69) is 19.7 Å². The molecule has 1 saturated heterocycles. The van der Waals surface area contributed by atoms with E-state index < -0.39 is 0 Å².